The van der Waals surface area contributed by atoms with Gasteiger partial charge in [-0.15, -0.1) is 0 Å². The predicted octanol–water partition coefficient (Wildman–Crippen LogP) is -9.42. The summed E-state index contributed by atoms with van der Waals surface area (Å²) in [5.41, 5.74) is 7.14. The molecule has 1 saturated heterocycles. The van der Waals surface area contributed by atoms with Crippen molar-refractivity contribution in [2.24, 2.45) is 0 Å². The van der Waals surface area contributed by atoms with Crippen molar-refractivity contribution in [3.8, 4) is 0 Å². The maximum atomic E-state index is 12.0. The standard InChI is InChI=1S/C15H28N2O8.2ClH/c1-6(2)22-15-12(25-14(21)8(4)17)11(24-13(20)7(3)16)10(19)9(5-18)23-15;;/h6-12,15,18-19H,5,16-17H2,1-4H3;2*1H/t7-,8-,9+,10+,11-,12+,15-;;/m0../s1. The van der Waals surface area contributed by atoms with Crippen LogP contribution < -0.4 is 36.3 Å². The second-order valence-electron chi connectivity index (χ2n) is 6.51. The SMILES string of the molecule is CC(C)O[C@H]1O[C@H](CO)[C@@H](O)[C@H](OC(=O)[C@H](C)[NH3+])[C@H]1OC(=O)[C@H](C)[NH3+].[Cl-].[Cl-]. The molecule has 0 aliphatic carbocycles. The normalized spacial score (nSPS) is 29.7. The lowest BCUT2D eigenvalue weighted by atomic mass is 9.98. The Bertz CT molecular complexity index is 467. The van der Waals surface area contributed by atoms with Crippen LogP contribution in [0.2, 0.25) is 0 Å². The Labute approximate surface area is 170 Å². The van der Waals surface area contributed by atoms with Crippen molar-refractivity contribution in [2.45, 2.75) is 76.6 Å². The fourth-order valence-electron chi connectivity index (χ4n) is 2.18. The number of aliphatic hydroxyl groups excluding tert-OH is 2. The van der Waals surface area contributed by atoms with Crippen LogP contribution in [0.3, 0.4) is 0 Å². The zero-order valence-electron chi connectivity index (χ0n) is 15.8. The highest BCUT2D eigenvalue weighted by Crippen LogP contribution is 2.28. The third-order valence-electron chi connectivity index (χ3n) is 3.51. The molecule has 162 valence electrons. The summed E-state index contributed by atoms with van der Waals surface area (Å²) in [4.78, 5) is 23.9. The van der Waals surface area contributed by atoms with E-state index in [9.17, 15) is 19.8 Å². The van der Waals surface area contributed by atoms with Gasteiger partial charge in [-0.1, -0.05) is 0 Å². The van der Waals surface area contributed by atoms with Crippen molar-refractivity contribution in [2.75, 3.05) is 6.61 Å². The molecule has 1 rings (SSSR count). The zero-order chi connectivity index (χ0) is 19.3. The van der Waals surface area contributed by atoms with Gasteiger partial charge in [0, 0.05) is 0 Å². The average molecular weight is 437 g/mol. The van der Waals surface area contributed by atoms with Gasteiger partial charge in [-0.2, -0.15) is 0 Å². The van der Waals surface area contributed by atoms with Crippen molar-refractivity contribution in [1.82, 2.24) is 0 Å². The van der Waals surface area contributed by atoms with Gasteiger partial charge in [-0.3, -0.25) is 0 Å². The van der Waals surface area contributed by atoms with E-state index in [0.29, 0.717) is 0 Å². The summed E-state index contributed by atoms with van der Waals surface area (Å²) in [6, 6.07) is -1.38. The van der Waals surface area contributed by atoms with E-state index < -0.39 is 61.3 Å². The minimum atomic E-state index is -1.40. The Morgan fingerprint density at radius 1 is 1.00 bits per heavy atom. The molecule has 1 fully saturated rings. The van der Waals surface area contributed by atoms with E-state index in [4.69, 9.17) is 18.9 Å². The summed E-state index contributed by atoms with van der Waals surface area (Å²) < 4.78 is 21.7. The monoisotopic (exact) mass is 436 g/mol. The Balaban J connectivity index is 0. The second kappa shape index (κ2) is 12.7. The van der Waals surface area contributed by atoms with E-state index in [1.165, 1.54) is 13.8 Å². The van der Waals surface area contributed by atoms with Crippen molar-refractivity contribution in [3.63, 3.8) is 0 Å². The quantitative estimate of drug-likeness (QED) is 0.285. The first kappa shape index (κ1) is 28.5. The van der Waals surface area contributed by atoms with Crippen molar-refractivity contribution < 1.29 is 75.0 Å². The number of hydrogen-bond donors (Lipinski definition) is 4. The first-order valence-electron chi connectivity index (χ1n) is 8.25. The Morgan fingerprint density at radius 2 is 1.44 bits per heavy atom. The molecule has 0 spiro atoms. The summed E-state index contributed by atoms with van der Waals surface area (Å²) in [5.74, 6) is -1.35. The number of carbonyl (C=O) groups excluding carboxylic acids is 2. The van der Waals surface area contributed by atoms with Crippen molar-refractivity contribution in [1.29, 1.82) is 0 Å². The maximum Gasteiger partial charge on any atom is 0.365 e. The third kappa shape index (κ3) is 8.04. The fourth-order valence-corrected chi connectivity index (χ4v) is 2.18. The van der Waals surface area contributed by atoms with Gasteiger partial charge in [0.1, 0.15) is 12.2 Å². The Hall–Kier alpha value is -0.720. The van der Waals surface area contributed by atoms with E-state index in [2.05, 4.69) is 11.5 Å². The molecular weight excluding hydrogens is 407 g/mol. The van der Waals surface area contributed by atoms with Gasteiger partial charge in [0.2, 0.25) is 0 Å². The number of esters is 2. The molecule has 0 unspecified atom stereocenters. The van der Waals surface area contributed by atoms with Crippen LogP contribution in [-0.2, 0) is 28.5 Å². The van der Waals surface area contributed by atoms with Gasteiger partial charge in [0.15, 0.2) is 30.6 Å². The molecule has 0 saturated carbocycles. The number of ether oxygens (including phenoxy) is 4. The smallest absolute Gasteiger partial charge is 0.365 e. The number of quaternary nitrogens is 2. The van der Waals surface area contributed by atoms with Crippen LogP contribution in [0.1, 0.15) is 27.7 Å². The molecule has 12 heteroatoms. The molecule has 0 bridgehead atoms. The predicted molar refractivity (Wildman–Crippen MR) is 82.4 cm³/mol. The summed E-state index contributed by atoms with van der Waals surface area (Å²) in [6.45, 7) is 6.02. The number of rotatable bonds is 7. The van der Waals surface area contributed by atoms with Crippen LogP contribution in [-0.4, -0.2) is 77.7 Å². The summed E-state index contributed by atoms with van der Waals surface area (Å²) >= 11 is 0. The van der Waals surface area contributed by atoms with Gasteiger partial charge < -0.3 is 65.4 Å². The van der Waals surface area contributed by atoms with Gasteiger partial charge >= 0.3 is 11.9 Å². The molecule has 7 atom stereocenters. The lowest BCUT2D eigenvalue weighted by molar-refractivity contribution is -0.409. The number of carbonyl (C=O) groups is 2. The molecule has 10 nitrogen and oxygen atoms in total. The number of halogens is 2. The first-order chi connectivity index (χ1) is 11.6. The van der Waals surface area contributed by atoms with E-state index in [-0.39, 0.29) is 30.9 Å². The Morgan fingerprint density at radius 3 is 1.81 bits per heavy atom. The lowest BCUT2D eigenvalue weighted by Gasteiger charge is -2.43. The summed E-state index contributed by atoms with van der Waals surface area (Å²) in [6.07, 6.45) is -6.37. The molecule has 0 amide bonds. The second-order valence-corrected chi connectivity index (χ2v) is 6.51. The minimum absolute atomic E-state index is 0. The summed E-state index contributed by atoms with van der Waals surface area (Å²) in [5, 5.41) is 19.8. The zero-order valence-corrected chi connectivity index (χ0v) is 17.4. The molecule has 0 aromatic heterocycles. The average Bonchev–Trinajstić information content (AvgIpc) is 2.51. The van der Waals surface area contributed by atoms with Crippen LogP contribution >= 0.6 is 0 Å². The Kier molecular flexibility index (Phi) is 13.4. The van der Waals surface area contributed by atoms with Gasteiger partial charge in [-0.25, -0.2) is 9.59 Å². The highest BCUT2D eigenvalue weighted by atomic mass is 35.5. The minimum Gasteiger partial charge on any atom is -1.00 e. The topological polar surface area (TPSA) is 167 Å². The maximum absolute atomic E-state index is 12.0. The molecule has 1 heterocycles. The van der Waals surface area contributed by atoms with Crippen LogP contribution in [0.4, 0.5) is 0 Å². The molecule has 0 radical (unpaired) electrons. The fraction of sp³-hybridized carbons (Fsp3) is 0.867. The van der Waals surface area contributed by atoms with Gasteiger partial charge in [-0.05, 0) is 27.7 Å². The van der Waals surface area contributed by atoms with Gasteiger partial charge in [0.25, 0.3) is 0 Å². The number of aliphatic hydroxyl groups is 2. The van der Waals surface area contributed by atoms with Crippen molar-refractivity contribution in [3.05, 3.63) is 0 Å². The largest absolute Gasteiger partial charge is 1.00 e. The molecule has 0 aromatic carbocycles. The highest BCUT2D eigenvalue weighted by molar-refractivity contribution is 5.74. The molecule has 8 N–H and O–H groups in total. The first-order valence-corrected chi connectivity index (χ1v) is 8.25. The van der Waals surface area contributed by atoms with E-state index in [0.717, 1.165) is 0 Å². The third-order valence-corrected chi connectivity index (χ3v) is 3.51. The molecular formula is C15H30Cl2N2O8. The highest BCUT2D eigenvalue weighted by Gasteiger charge is 2.51. The number of hydrogen-bond acceptors (Lipinski definition) is 8. The van der Waals surface area contributed by atoms with Crippen molar-refractivity contribution >= 4 is 11.9 Å². The van der Waals surface area contributed by atoms with Crippen LogP contribution in [0.15, 0.2) is 0 Å². The lowest BCUT2D eigenvalue weighted by Crippen LogP contribution is -3.00. The van der Waals surface area contributed by atoms with E-state index >= 15 is 0 Å². The molecule has 0 aromatic rings. The van der Waals surface area contributed by atoms with Crippen LogP contribution in [0, 0.1) is 0 Å². The molecule has 1 aliphatic rings. The summed E-state index contributed by atoms with van der Waals surface area (Å²) in [7, 11) is 0. The van der Waals surface area contributed by atoms with Crippen LogP contribution in [0.25, 0.3) is 0 Å². The molecule has 1 aliphatic heterocycles. The van der Waals surface area contributed by atoms with Gasteiger partial charge in [0.05, 0.1) is 12.7 Å². The van der Waals surface area contributed by atoms with E-state index in [1.54, 1.807) is 13.8 Å². The van der Waals surface area contributed by atoms with Crippen LogP contribution in [0.5, 0.6) is 0 Å². The van der Waals surface area contributed by atoms with E-state index in [1.807, 2.05) is 0 Å². The molecule has 27 heavy (non-hydrogen) atoms.